The molecule has 1 aliphatic rings. The van der Waals surface area contributed by atoms with E-state index < -0.39 is 29.6 Å². The van der Waals surface area contributed by atoms with Gasteiger partial charge in [0.25, 0.3) is 5.91 Å². The molecule has 22 heavy (non-hydrogen) atoms. The van der Waals surface area contributed by atoms with Crippen LogP contribution in [0.2, 0.25) is 0 Å². The van der Waals surface area contributed by atoms with E-state index in [0.29, 0.717) is 5.69 Å². The van der Waals surface area contributed by atoms with Crippen LogP contribution in [0.15, 0.2) is 42.5 Å². The molecule has 1 aliphatic heterocycles. The van der Waals surface area contributed by atoms with Crippen molar-refractivity contribution in [3.63, 3.8) is 0 Å². The van der Waals surface area contributed by atoms with Gasteiger partial charge >= 0.3 is 6.18 Å². The largest absolute Gasteiger partial charge is 0.474 e. The summed E-state index contributed by atoms with van der Waals surface area (Å²) in [6.07, 6.45) is -5.58. The number of hydrogen-bond acceptors (Lipinski definition) is 2. The van der Waals surface area contributed by atoms with Crippen molar-refractivity contribution in [3.05, 3.63) is 59.4 Å². The first-order chi connectivity index (χ1) is 10.3. The zero-order chi connectivity index (χ0) is 15.9. The van der Waals surface area contributed by atoms with Gasteiger partial charge in [0.2, 0.25) is 6.10 Å². The van der Waals surface area contributed by atoms with E-state index in [0.717, 1.165) is 30.3 Å². The molecule has 1 atom stereocenters. The van der Waals surface area contributed by atoms with Gasteiger partial charge in [0, 0.05) is 11.6 Å². The smallest absolute Gasteiger partial charge is 0.416 e. The van der Waals surface area contributed by atoms with Crippen molar-refractivity contribution in [1.29, 1.82) is 0 Å². The highest BCUT2D eigenvalue weighted by atomic mass is 19.4. The van der Waals surface area contributed by atoms with Crippen LogP contribution in [0.4, 0.5) is 23.2 Å². The van der Waals surface area contributed by atoms with E-state index in [1.165, 1.54) is 12.1 Å². The fourth-order valence-corrected chi connectivity index (χ4v) is 2.14. The molecule has 114 valence electrons. The predicted molar refractivity (Wildman–Crippen MR) is 69.8 cm³/mol. The molecule has 2 aromatic carbocycles. The van der Waals surface area contributed by atoms with Gasteiger partial charge in [-0.3, -0.25) is 4.79 Å². The van der Waals surface area contributed by atoms with E-state index in [4.69, 9.17) is 4.74 Å². The van der Waals surface area contributed by atoms with Crippen molar-refractivity contribution in [3.8, 4) is 5.75 Å². The van der Waals surface area contributed by atoms with E-state index >= 15 is 0 Å². The molecule has 0 unspecified atom stereocenters. The van der Waals surface area contributed by atoms with Gasteiger partial charge in [-0.1, -0.05) is 12.1 Å². The second kappa shape index (κ2) is 5.01. The molecule has 0 aromatic heterocycles. The summed E-state index contributed by atoms with van der Waals surface area (Å²) in [5.74, 6) is -0.940. The topological polar surface area (TPSA) is 38.3 Å². The van der Waals surface area contributed by atoms with Crippen LogP contribution in [0.1, 0.15) is 17.2 Å². The van der Waals surface area contributed by atoms with E-state index in [2.05, 4.69) is 5.32 Å². The average molecular weight is 311 g/mol. The number of anilines is 1. The van der Waals surface area contributed by atoms with Crippen molar-refractivity contribution in [2.45, 2.75) is 12.3 Å². The summed E-state index contributed by atoms with van der Waals surface area (Å²) in [7, 11) is 0. The maximum atomic E-state index is 13.2. The van der Waals surface area contributed by atoms with E-state index in [1.807, 2.05) is 0 Å². The van der Waals surface area contributed by atoms with Gasteiger partial charge in [-0.15, -0.1) is 0 Å². The summed E-state index contributed by atoms with van der Waals surface area (Å²) in [4.78, 5) is 12.0. The van der Waals surface area contributed by atoms with Crippen LogP contribution in [0, 0.1) is 5.82 Å². The Kier molecular flexibility index (Phi) is 3.27. The quantitative estimate of drug-likeness (QED) is 0.811. The summed E-state index contributed by atoms with van der Waals surface area (Å²) in [5.41, 5.74) is -0.256. The molecule has 1 N–H and O–H groups in total. The van der Waals surface area contributed by atoms with Crippen molar-refractivity contribution in [1.82, 2.24) is 0 Å². The second-order valence-corrected chi connectivity index (χ2v) is 4.75. The summed E-state index contributed by atoms with van der Waals surface area (Å²) in [6, 6.07) is 7.69. The van der Waals surface area contributed by atoms with Gasteiger partial charge in [0.1, 0.15) is 11.6 Å². The molecule has 0 fully saturated rings. The van der Waals surface area contributed by atoms with E-state index in [9.17, 15) is 22.4 Å². The molecule has 3 nitrogen and oxygen atoms in total. The Labute approximate surface area is 122 Å². The summed E-state index contributed by atoms with van der Waals surface area (Å²) < 4.78 is 56.2. The number of benzene rings is 2. The van der Waals surface area contributed by atoms with Gasteiger partial charge in [0.05, 0.1) is 11.3 Å². The summed E-state index contributed by atoms with van der Waals surface area (Å²) in [5, 5.41) is 2.53. The third kappa shape index (κ3) is 2.61. The average Bonchev–Trinajstić information content (AvgIpc) is 2.46. The SMILES string of the molecule is O=C1Nc2ccc(F)cc2O[C@H]1c1ccc(C(F)(F)F)cc1. The molecule has 2 aromatic rings. The molecular formula is C15H9F4NO2. The number of alkyl halides is 3. The lowest BCUT2D eigenvalue weighted by atomic mass is 10.0. The first-order valence-electron chi connectivity index (χ1n) is 6.29. The molecular weight excluding hydrogens is 302 g/mol. The number of rotatable bonds is 1. The minimum absolute atomic E-state index is 0.129. The molecule has 0 aliphatic carbocycles. The fraction of sp³-hybridized carbons (Fsp3) is 0.133. The number of ether oxygens (including phenoxy) is 1. The third-order valence-corrected chi connectivity index (χ3v) is 3.23. The van der Waals surface area contributed by atoms with Crippen molar-refractivity contribution >= 4 is 11.6 Å². The van der Waals surface area contributed by atoms with Crippen molar-refractivity contribution in [2.24, 2.45) is 0 Å². The zero-order valence-corrected chi connectivity index (χ0v) is 10.9. The Bertz CT molecular complexity index is 725. The number of fused-ring (bicyclic) bond motifs is 1. The highest BCUT2D eigenvalue weighted by Crippen LogP contribution is 2.36. The number of hydrogen-bond donors (Lipinski definition) is 1. The number of carbonyl (C=O) groups is 1. The van der Waals surface area contributed by atoms with Gasteiger partial charge < -0.3 is 10.1 Å². The normalized spacial score (nSPS) is 17.5. The fourth-order valence-electron chi connectivity index (χ4n) is 2.14. The van der Waals surface area contributed by atoms with Crippen LogP contribution in [0.5, 0.6) is 5.75 Å². The van der Waals surface area contributed by atoms with Crippen molar-refractivity contribution in [2.75, 3.05) is 5.32 Å². The van der Waals surface area contributed by atoms with Gasteiger partial charge in [-0.05, 0) is 24.3 Å². The Morgan fingerprint density at radius 3 is 2.36 bits per heavy atom. The molecule has 1 heterocycles. The summed E-state index contributed by atoms with van der Waals surface area (Å²) in [6.45, 7) is 0. The zero-order valence-electron chi connectivity index (χ0n) is 10.9. The maximum Gasteiger partial charge on any atom is 0.416 e. The number of carbonyl (C=O) groups excluding carboxylic acids is 1. The second-order valence-electron chi connectivity index (χ2n) is 4.75. The van der Waals surface area contributed by atoms with Crippen LogP contribution in [0.3, 0.4) is 0 Å². The standard InChI is InChI=1S/C15H9F4NO2/c16-10-5-6-11-12(7-10)22-13(14(21)20-11)8-1-3-9(4-2-8)15(17,18)19/h1-7,13H,(H,20,21)/t13-/m0/s1. The van der Waals surface area contributed by atoms with Crippen LogP contribution in [0.25, 0.3) is 0 Å². The lowest BCUT2D eigenvalue weighted by Gasteiger charge is -2.26. The Hall–Kier alpha value is -2.57. The minimum atomic E-state index is -4.45. The maximum absolute atomic E-state index is 13.2. The first kappa shape index (κ1) is 14.4. The van der Waals surface area contributed by atoms with E-state index in [1.54, 1.807) is 0 Å². The Morgan fingerprint density at radius 2 is 1.73 bits per heavy atom. The van der Waals surface area contributed by atoms with Crippen LogP contribution in [-0.2, 0) is 11.0 Å². The van der Waals surface area contributed by atoms with E-state index in [-0.39, 0.29) is 11.3 Å². The van der Waals surface area contributed by atoms with Gasteiger partial charge in [-0.25, -0.2) is 4.39 Å². The minimum Gasteiger partial charge on any atom is -0.474 e. The lowest BCUT2D eigenvalue weighted by Crippen LogP contribution is -2.30. The number of amides is 1. The molecule has 0 spiro atoms. The molecule has 0 bridgehead atoms. The Balaban J connectivity index is 1.91. The highest BCUT2D eigenvalue weighted by Gasteiger charge is 2.32. The lowest BCUT2D eigenvalue weighted by molar-refractivity contribution is -0.137. The molecule has 0 saturated carbocycles. The molecule has 7 heteroatoms. The predicted octanol–water partition coefficient (Wildman–Crippen LogP) is 3.92. The van der Waals surface area contributed by atoms with Crippen molar-refractivity contribution < 1.29 is 27.1 Å². The van der Waals surface area contributed by atoms with Crippen LogP contribution in [-0.4, -0.2) is 5.91 Å². The first-order valence-corrected chi connectivity index (χ1v) is 6.29. The number of halogens is 4. The Morgan fingerprint density at radius 1 is 1.05 bits per heavy atom. The summed E-state index contributed by atoms with van der Waals surface area (Å²) >= 11 is 0. The molecule has 0 radical (unpaired) electrons. The monoisotopic (exact) mass is 311 g/mol. The number of nitrogens with one attached hydrogen (secondary N) is 1. The van der Waals surface area contributed by atoms with Crippen LogP contribution < -0.4 is 10.1 Å². The molecule has 3 rings (SSSR count). The van der Waals surface area contributed by atoms with Gasteiger partial charge in [0.15, 0.2) is 0 Å². The third-order valence-electron chi connectivity index (χ3n) is 3.23. The molecule has 1 amide bonds. The van der Waals surface area contributed by atoms with Gasteiger partial charge in [-0.2, -0.15) is 13.2 Å². The highest BCUT2D eigenvalue weighted by molar-refractivity contribution is 5.98. The molecule has 0 saturated heterocycles. The van der Waals surface area contributed by atoms with Crippen LogP contribution >= 0.6 is 0 Å².